The number of benzene rings is 5. The van der Waals surface area contributed by atoms with Crippen molar-refractivity contribution >= 4 is 0 Å². The van der Waals surface area contributed by atoms with E-state index in [1.165, 1.54) is 38.9 Å². The number of hydrogen-bond donors (Lipinski definition) is 0. The van der Waals surface area contributed by atoms with E-state index in [4.69, 9.17) is 0 Å². The van der Waals surface area contributed by atoms with Crippen LogP contribution in [0.25, 0.3) is 44.5 Å². The Morgan fingerprint density at radius 3 is 1.27 bits per heavy atom. The fourth-order valence-corrected chi connectivity index (χ4v) is 4.02. The zero-order valence-corrected chi connectivity index (χ0v) is 16.6. The third-order valence-electron chi connectivity index (χ3n) is 5.40. The van der Waals surface area contributed by atoms with Gasteiger partial charge in [-0.25, -0.2) is 0 Å². The third kappa shape index (κ3) is 3.44. The molecule has 0 atom stereocenters. The highest BCUT2D eigenvalue weighted by Gasteiger charge is 2.18. The molecule has 1 radical (unpaired) electrons. The highest BCUT2D eigenvalue weighted by atomic mass is 14.2. The van der Waals surface area contributed by atoms with Gasteiger partial charge < -0.3 is 0 Å². The zero-order valence-electron chi connectivity index (χ0n) is 16.6. The van der Waals surface area contributed by atoms with Crippen LogP contribution in [0.5, 0.6) is 0 Å². The van der Waals surface area contributed by atoms with Gasteiger partial charge in [0.1, 0.15) is 0 Å². The van der Waals surface area contributed by atoms with Gasteiger partial charge in [-0.2, -0.15) is 0 Å². The second kappa shape index (κ2) is 8.23. The first-order chi connectivity index (χ1) is 14.9. The van der Waals surface area contributed by atoms with Crippen LogP contribution in [0.15, 0.2) is 127 Å². The summed E-state index contributed by atoms with van der Waals surface area (Å²) in [5, 5.41) is 0. The molecule has 0 aliphatic rings. The van der Waals surface area contributed by atoms with Gasteiger partial charge in [-0.1, -0.05) is 121 Å². The zero-order chi connectivity index (χ0) is 20.2. The molecular formula is C30H21. The summed E-state index contributed by atoms with van der Waals surface area (Å²) in [6.07, 6.45) is 0. The average molecular weight is 381 g/mol. The fraction of sp³-hybridized carbons (Fsp3) is 0. The van der Waals surface area contributed by atoms with Crippen LogP contribution in [0.3, 0.4) is 0 Å². The van der Waals surface area contributed by atoms with Crippen LogP contribution in [0, 0.1) is 6.07 Å². The van der Waals surface area contributed by atoms with Crippen molar-refractivity contribution < 1.29 is 0 Å². The molecule has 0 bridgehead atoms. The van der Waals surface area contributed by atoms with Crippen LogP contribution >= 0.6 is 0 Å². The maximum atomic E-state index is 3.63. The molecule has 5 aromatic rings. The van der Waals surface area contributed by atoms with E-state index in [0.29, 0.717) is 0 Å². The summed E-state index contributed by atoms with van der Waals surface area (Å²) in [6.45, 7) is 0. The van der Waals surface area contributed by atoms with Gasteiger partial charge in [0, 0.05) is 0 Å². The molecule has 0 N–H and O–H groups in total. The van der Waals surface area contributed by atoms with Crippen LogP contribution < -0.4 is 0 Å². The molecule has 0 saturated heterocycles. The smallest absolute Gasteiger partial charge is 0.00143 e. The van der Waals surface area contributed by atoms with Gasteiger partial charge in [-0.05, 0) is 56.6 Å². The molecule has 0 aliphatic carbocycles. The van der Waals surface area contributed by atoms with Gasteiger partial charge in [0.15, 0.2) is 0 Å². The maximum Gasteiger partial charge on any atom is -0.00143 e. The summed E-state index contributed by atoms with van der Waals surface area (Å²) in [5.74, 6) is 0. The summed E-state index contributed by atoms with van der Waals surface area (Å²) in [7, 11) is 0. The Hall–Kier alpha value is -3.90. The molecule has 0 unspecified atom stereocenters. The summed E-state index contributed by atoms with van der Waals surface area (Å²) in [4.78, 5) is 0. The van der Waals surface area contributed by atoms with Crippen LogP contribution in [0.4, 0.5) is 0 Å². The van der Waals surface area contributed by atoms with E-state index in [1.54, 1.807) is 0 Å². The van der Waals surface area contributed by atoms with Crippen LogP contribution in [0.1, 0.15) is 0 Å². The lowest BCUT2D eigenvalue weighted by molar-refractivity contribution is 1.53. The van der Waals surface area contributed by atoms with Crippen molar-refractivity contribution in [2.24, 2.45) is 0 Å². The number of rotatable bonds is 4. The first-order valence-corrected chi connectivity index (χ1v) is 10.2. The molecule has 0 nitrogen and oxygen atoms in total. The summed E-state index contributed by atoms with van der Waals surface area (Å²) < 4.78 is 0. The van der Waals surface area contributed by atoms with E-state index in [2.05, 4.69) is 133 Å². The van der Waals surface area contributed by atoms with E-state index >= 15 is 0 Å². The molecule has 141 valence electrons. The Labute approximate surface area is 178 Å². The Morgan fingerprint density at radius 2 is 0.767 bits per heavy atom. The van der Waals surface area contributed by atoms with Gasteiger partial charge in [-0.3, -0.25) is 0 Å². The Balaban J connectivity index is 1.91. The third-order valence-corrected chi connectivity index (χ3v) is 5.40. The van der Waals surface area contributed by atoms with Crippen molar-refractivity contribution in [1.82, 2.24) is 0 Å². The minimum atomic E-state index is 1.13. The molecule has 0 fully saturated rings. The molecule has 0 heterocycles. The van der Waals surface area contributed by atoms with Crippen molar-refractivity contribution in [2.75, 3.05) is 0 Å². The summed E-state index contributed by atoms with van der Waals surface area (Å²) in [6, 6.07) is 48.3. The van der Waals surface area contributed by atoms with E-state index in [0.717, 1.165) is 5.56 Å². The van der Waals surface area contributed by atoms with Crippen molar-refractivity contribution in [3.8, 4) is 44.5 Å². The van der Waals surface area contributed by atoms with E-state index < -0.39 is 0 Å². The first-order valence-electron chi connectivity index (χ1n) is 10.2. The Bertz CT molecular complexity index is 1140. The molecule has 5 aromatic carbocycles. The minimum absolute atomic E-state index is 1.13. The highest BCUT2D eigenvalue weighted by Crippen LogP contribution is 2.45. The molecule has 0 heteroatoms. The predicted molar refractivity (Wildman–Crippen MR) is 127 cm³/mol. The van der Waals surface area contributed by atoms with Crippen molar-refractivity contribution in [1.29, 1.82) is 0 Å². The molecule has 0 aromatic heterocycles. The van der Waals surface area contributed by atoms with Crippen molar-refractivity contribution in [3.05, 3.63) is 133 Å². The molecule has 0 aliphatic heterocycles. The molecule has 0 amide bonds. The molecule has 30 heavy (non-hydrogen) atoms. The standard InChI is InChI=1S/C30H21/c1-5-13-23(14-6-1)27-21-22-28(24-15-7-2-8-16-24)30(26-19-11-4-12-20-26)29(27)25-17-9-3-10-18-25/h1-21H. The van der Waals surface area contributed by atoms with Gasteiger partial charge in [-0.15, -0.1) is 0 Å². The first kappa shape index (κ1) is 18.1. The quantitative estimate of drug-likeness (QED) is 0.294. The minimum Gasteiger partial charge on any atom is -0.0622 e. The van der Waals surface area contributed by atoms with E-state index in [1.807, 2.05) is 0 Å². The Kier molecular flexibility index (Phi) is 4.98. The van der Waals surface area contributed by atoms with Gasteiger partial charge >= 0.3 is 0 Å². The second-order valence-electron chi connectivity index (χ2n) is 7.29. The highest BCUT2D eigenvalue weighted by molar-refractivity contribution is 6.01. The van der Waals surface area contributed by atoms with Crippen molar-refractivity contribution in [3.63, 3.8) is 0 Å². The van der Waals surface area contributed by atoms with Crippen LogP contribution in [0.2, 0.25) is 0 Å². The summed E-state index contributed by atoms with van der Waals surface area (Å²) >= 11 is 0. The maximum absolute atomic E-state index is 3.63. The van der Waals surface area contributed by atoms with E-state index in [-0.39, 0.29) is 0 Å². The fourth-order valence-electron chi connectivity index (χ4n) is 4.02. The number of hydrogen-bond acceptors (Lipinski definition) is 0. The van der Waals surface area contributed by atoms with Crippen LogP contribution in [-0.2, 0) is 0 Å². The topological polar surface area (TPSA) is 0 Å². The normalized spacial score (nSPS) is 10.7. The monoisotopic (exact) mass is 381 g/mol. The summed E-state index contributed by atoms with van der Waals surface area (Å²) in [5.41, 5.74) is 9.56. The lowest BCUT2D eigenvalue weighted by Gasteiger charge is -2.20. The lowest BCUT2D eigenvalue weighted by Crippen LogP contribution is -1.94. The Morgan fingerprint density at radius 1 is 0.367 bits per heavy atom. The van der Waals surface area contributed by atoms with Gasteiger partial charge in [0.25, 0.3) is 0 Å². The molecule has 5 rings (SSSR count). The molecular weight excluding hydrogens is 360 g/mol. The second-order valence-corrected chi connectivity index (χ2v) is 7.29. The average Bonchev–Trinajstić information content (AvgIpc) is 2.85. The van der Waals surface area contributed by atoms with Gasteiger partial charge in [0.05, 0.1) is 0 Å². The largest absolute Gasteiger partial charge is 0.0622 e. The molecule has 0 spiro atoms. The lowest BCUT2D eigenvalue weighted by atomic mass is 9.83. The molecule has 0 saturated carbocycles. The van der Waals surface area contributed by atoms with Crippen LogP contribution in [-0.4, -0.2) is 0 Å². The van der Waals surface area contributed by atoms with Gasteiger partial charge in [0.2, 0.25) is 0 Å². The SMILES string of the molecule is [c]1cc(-c2ccccc2)c(-c2ccccc2)c(-c2ccccc2)c1-c1ccccc1. The predicted octanol–water partition coefficient (Wildman–Crippen LogP) is 8.15. The van der Waals surface area contributed by atoms with Crippen molar-refractivity contribution in [2.45, 2.75) is 0 Å². The van der Waals surface area contributed by atoms with E-state index in [9.17, 15) is 0 Å².